The van der Waals surface area contributed by atoms with Gasteiger partial charge in [0.15, 0.2) is 5.78 Å². The van der Waals surface area contributed by atoms with Crippen LogP contribution in [0.4, 0.5) is 0 Å². The first kappa shape index (κ1) is 13.4. The summed E-state index contributed by atoms with van der Waals surface area (Å²) in [6.07, 6.45) is 1.80. The molecule has 0 N–H and O–H groups in total. The standard InChI is InChI=1S/C16H14O2S/c1-13(17)15-9-7-14(8-10-15)11-12-19(18)16-5-3-2-4-6-16/h2-12H,1H3. The predicted octanol–water partition coefficient (Wildman–Crippen LogP) is 3.67. The van der Waals surface area contributed by atoms with Crippen LogP contribution >= 0.6 is 0 Å². The lowest BCUT2D eigenvalue weighted by molar-refractivity contribution is 0.101. The first-order valence-corrected chi connectivity index (χ1v) is 7.13. The number of hydrogen-bond acceptors (Lipinski definition) is 2. The molecule has 0 aromatic heterocycles. The molecule has 2 rings (SSSR count). The molecule has 0 heterocycles. The van der Waals surface area contributed by atoms with Crippen LogP contribution in [0.1, 0.15) is 22.8 Å². The van der Waals surface area contributed by atoms with Crippen molar-refractivity contribution in [1.82, 2.24) is 0 Å². The molecule has 0 amide bonds. The topological polar surface area (TPSA) is 34.1 Å². The number of ketones is 1. The molecule has 0 saturated heterocycles. The van der Waals surface area contributed by atoms with Crippen LogP contribution in [0, 0.1) is 0 Å². The Bertz CT molecular complexity index is 613. The third-order valence-corrected chi connectivity index (χ3v) is 3.80. The normalized spacial score (nSPS) is 12.5. The van der Waals surface area contributed by atoms with Crippen LogP contribution in [0.5, 0.6) is 0 Å². The van der Waals surface area contributed by atoms with Crippen molar-refractivity contribution in [2.75, 3.05) is 0 Å². The molecule has 0 saturated carbocycles. The monoisotopic (exact) mass is 270 g/mol. The molecule has 2 aromatic carbocycles. The Morgan fingerprint density at radius 3 is 2.21 bits per heavy atom. The van der Waals surface area contributed by atoms with Crippen LogP contribution in [0.2, 0.25) is 0 Å². The highest BCUT2D eigenvalue weighted by molar-refractivity contribution is 7.88. The zero-order valence-corrected chi connectivity index (χ0v) is 11.4. The fourth-order valence-corrected chi connectivity index (χ4v) is 2.47. The molecule has 2 nitrogen and oxygen atoms in total. The molecule has 0 radical (unpaired) electrons. The van der Waals surface area contributed by atoms with Crippen molar-refractivity contribution >= 4 is 22.7 Å². The smallest absolute Gasteiger partial charge is 0.159 e. The van der Waals surface area contributed by atoms with Crippen LogP contribution in [-0.2, 0) is 10.8 Å². The second-order valence-corrected chi connectivity index (χ2v) is 5.43. The Kier molecular flexibility index (Phi) is 4.42. The number of benzene rings is 2. The van der Waals surface area contributed by atoms with Gasteiger partial charge in [-0.1, -0.05) is 42.5 Å². The van der Waals surface area contributed by atoms with Gasteiger partial charge in [0.2, 0.25) is 0 Å². The van der Waals surface area contributed by atoms with Gasteiger partial charge in [-0.25, -0.2) is 4.21 Å². The fourth-order valence-electron chi connectivity index (χ4n) is 1.60. The molecular formula is C16H14O2S. The fraction of sp³-hybridized carbons (Fsp3) is 0.0625. The first-order valence-electron chi connectivity index (χ1n) is 5.91. The summed E-state index contributed by atoms with van der Waals surface area (Å²) in [6, 6.07) is 16.5. The molecule has 0 aliphatic heterocycles. The Hall–Kier alpha value is -2.00. The Labute approximate surface area is 115 Å². The largest absolute Gasteiger partial charge is 0.295 e. The van der Waals surface area contributed by atoms with Crippen molar-refractivity contribution in [2.24, 2.45) is 0 Å². The summed E-state index contributed by atoms with van der Waals surface area (Å²) in [4.78, 5) is 11.9. The summed E-state index contributed by atoms with van der Waals surface area (Å²) in [5.74, 6) is 0.0448. The minimum Gasteiger partial charge on any atom is -0.295 e. The minimum atomic E-state index is -1.15. The molecule has 1 atom stereocenters. The third-order valence-electron chi connectivity index (χ3n) is 2.68. The molecule has 0 aliphatic rings. The first-order chi connectivity index (χ1) is 9.16. The van der Waals surface area contributed by atoms with Crippen LogP contribution in [0.25, 0.3) is 6.08 Å². The molecule has 2 aromatic rings. The molecule has 0 bridgehead atoms. The van der Waals surface area contributed by atoms with E-state index in [1.54, 1.807) is 23.6 Å². The molecule has 0 aliphatic carbocycles. The van der Waals surface area contributed by atoms with Crippen LogP contribution in [0.3, 0.4) is 0 Å². The van der Waals surface area contributed by atoms with Crippen LogP contribution in [0.15, 0.2) is 64.9 Å². The van der Waals surface area contributed by atoms with E-state index in [2.05, 4.69) is 0 Å². The quantitative estimate of drug-likeness (QED) is 0.794. The van der Waals surface area contributed by atoms with E-state index in [4.69, 9.17) is 0 Å². The number of hydrogen-bond donors (Lipinski definition) is 0. The van der Waals surface area contributed by atoms with E-state index in [-0.39, 0.29) is 5.78 Å². The minimum absolute atomic E-state index is 0.0448. The number of Topliss-reactive ketones (excluding diaryl/α,β-unsaturated/α-hetero) is 1. The van der Waals surface area contributed by atoms with Gasteiger partial charge in [-0.05, 0) is 30.7 Å². The summed E-state index contributed by atoms with van der Waals surface area (Å²) in [6.45, 7) is 1.54. The lowest BCUT2D eigenvalue weighted by Crippen LogP contribution is -1.90. The van der Waals surface area contributed by atoms with Gasteiger partial charge in [-0.3, -0.25) is 4.79 Å². The van der Waals surface area contributed by atoms with Gasteiger partial charge in [0.25, 0.3) is 0 Å². The third kappa shape index (κ3) is 3.73. The Balaban J connectivity index is 2.10. The van der Waals surface area contributed by atoms with Gasteiger partial charge in [0, 0.05) is 15.9 Å². The maximum Gasteiger partial charge on any atom is 0.159 e. The van der Waals surface area contributed by atoms with Crippen molar-refractivity contribution in [3.05, 3.63) is 71.1 Å². The summed E-state index contributed by atoms with van der Waals surface area (Å²) < 4.78 is 12.0. The highest BCUT2D eigenvalue weighted by Crippen LogP contribution is 2.11. The van der Waals surface area contributed by atoms with E-state index in [1.807, 2.05) is 42.5 Å². The van der Waals surface area contributed by atoms with Crippen molar-refractivity contribution in [3.8, 4) is 0 Å². The lowest BCUT2D eigenvalue weighted by atomic mass is 10.1. The van der Waals surface area contributed by atoms with Crippen molar-refractivity contribution in [3.63, 3.8) is 0 Å². The summed E-state index contributed by atoms with van der Waals surface area (Å²) in [7, 11) is -1.15. The average molecular weight is 270 g/mol. The van der Waals surface area contributed by atoms with Gasteiger partial charge in [0.05, 0.1) is 10.8 Å². The van der Waals surface area contributed by atoms with E-state index < -0.39 is 10.8 Å². The van der Waals surface area contributed by atoms with Gasteiger partial charge >= 0.3 is 0 Å². The Morgan fingerprint density at radius 1 is 1.00 bits per heavy atom. The molecule has 0 spiro atoms. The highest BCUT2D eigenvalue weighted by atomic mass is 32.2. The second kappa shape index (κ2) is 6.25. The zero-order chi connectivity index (χ0) is 13.7. The van der Waals surface area contributed by atoms with Crippen molar-refractivity contribution in [2.45, 2.75) is 11.8 Å². The van der Waals surface area contributed by atoms with Crippen molar-refractivity contribution in [1.29, 1.82) is 0 Å². The van der Waals surface area contributed by atoms with Gasteiger partial charge < -0.3 is 0 Å². The number of carbonyl (C=O) groups is 1. The highest BCUT2D eigenvalue weighted by Gasteiger charge is 1.99. The summed E-state index contributed by atoms with van der Waals surface area (Å²) in [5.41, 5.74) is 1.61. The average Bonchev–Trinajstić information content (AvgIpc) is 2.46. The predicted molar refractivity (Wildman–Crippen MR) is 78.3 cm³/mol. The zero-order valence-electron chi connectivity index (χ0n) is 10.6. The number of carbonyl (C=O) groups excluding carboxylic acids is 1. The van der Waals surface area contributed by atoms with E-state index in [1.165, 1.54) is 6.92 Å². The SMILES string of the molecule is CC(=O)c1ccc(C=CS(=O)c2ccccc2)cc1. The van der Waals surface area contributed by atoms with E-state index >= 15 is 0 Å². The molecule has 1 unspecified atom stereocenters. The van der Waals surface area contributed by atoms with E-state index in [0.29, 0.717) is 5.56 Å². The van der Waals surface area contributed by atoms with Gasteiger partial charge in [0.1, 0.15) is 0 Å². The molecule has 3 heteroatoms. The molecular weight excluding hydrogens is 256 g/mol. The van der Waals surface area contributed by atoms with Crippen LogP contribution in [-0.4, -0.2) is 9.99 Å². The lowest BCUT2D eigenvalue weighted by Gasteiger charge is -1.98. The van der Waals surface area contributed by atoms with Gasteiger partial charge in [-0.15, -0.1) is 0 Å². The molecule has 0 fully saturated rings. The van der Waals surface area contributed by atoms with E-state index in [9.17, 15) is 9.00 Å². The van der Waals surface area contributed by atoms with E-state index in [0.717, 1.165) is 10.5 Å². The van der Waals surface area contributed by atoms with Crippen LogP contribution < -0.4 is 0 Å². The maximum absolute atomic E-state index is 12.0. The Morgan fingerprint density at radius 2 is 1.63 bits per heavy atom. The van der Waals surface area contributed by atoms with Gasteiger partial charge in [-0.2, -0.15) is 0 Å². The summed E-state index contributed by atoms with van der Waals surface area (Å²) >= 11 is 0. The number of rotatable bonds is 4. The summed E-state index contributed by atoms with van der Waals surface area (Å²) in [5, 5.41) is 1.65. The molecule has 96 valence electrons. The second-order valence-electron chi connectivity index (χ2n) is 4.09. The molecule has 19 heavy (non-hydrogen) atoms. The maximum atomic E-state index is 12.0. The van der Waals surface area contributed by atoms with Crippen molar-refractivity contribution < 1.29 is 9.00 Å².